The third kappa shape index (κ3) is 14.4. The highest BCUT2D eigenvalue weighted by molar-refractivity contribution is 8.32. The maximum Gasteiger partial charge on any atom is 0.344 e. The van der Waals surface area contributed by atoms with Gasteiger partial charge in [0.1, 0.15) is 46.0 Å². The minimum absolute atomic E-state index is 0.143. The maximum atomic E-state index is 13.3. The lowest BCUT2D eigenvalue weighted by Crippen LogP contribution is -2.33. The van der Waals surface area contributed by atoms with E-state index in [9.17, 15) is 38.4 Å². The molecule has 10 aromatic carbocycles. The SMILES string of the molecule is CC(=O)Sc1ccccc1C(=O)Oc1ccc2c(c1)Oc1cc(OC(=O)c3ccccc3SC(C)=O)ccc1C21OC(=O)c2ccccc21.ClCCl.O=C(Oc1ccc2c(c1)Oc1cc(OC(=O)c3ccccc3S)ccc1C21OC(=O)c2ccccc21)c1ccccc1S.P=P[S-]. The van der Waals surface area contributed by atoms with Crippen LogP contribution in [0.1, 0.15) is 109 Å². The Bertz CT molecular complexity index is 4680. The fourth-order valence-corrected chi connectivity index (χ4v) is 13.2. The van der Waals surface area contributed by atoms with Crippen LogP contribution >= 0.6 is 87.6 Å². The Balaban J connectivity index is 0.000000185. The molecule has 0 saturated heterocycles. The molecule has 2 spiro atoms. The number of fused-ring (bicyclic) bond motifs is 12. The number of carbonyl (C=O) groups is 8. The molecule has 98 heavy (non-hydrogen) atoms. The van der Waals surface area contributed by atoms with E-state index in [1.54, 1.807) is 194 Å². The van der Waals surface area contributed by atoms with Gasteiger partial charge in [-0.2, -0.15) is 0 Å². The zero-order chi connectivity index (χ0) is 69.4. The highest BCUT2D eigenvalue weighted by Crippen LogP contribution is 2.59. The number of esters is 6. The summed E-state index contributed by atoms with van der Waals surface area (Å²) in [5, 5.41) is -0.163. The van der Waals surface area contributed by atoms with Crippen LogP contribution in [0.2, 0.25) is 0 Å². The molecular weight excluding hydrogens is 1430 g/mol. The Labute approximate surface area is 598 Å². The molecule has 14 rings (SSSR count). The van der Waals surface area contributed by atoms with E-state index in [1.165, 1.54) is 26.0 Å². The predicted octanol–water partition coefficient (Wildman–Crippen LogP) is 18.1. The van der Waals surface area contributed by atoms with Gasteiger partial charge in [0, 0.05) is 91.1 Å². The minimum atomic E-state index is -1.42. The maximum absolute atomic E-state index is 13.3. The molecule has 490 valence electrons. The molecule has 4 aliphatic rings. The minimum Gasteiger partial charge on any atom is -0.723 e. The van der Waals surface area contributed by atoms with Crippen LogP contribution in [-0.4, -0.2) is 51.4 Å². The molecule has 0 radical (unpaired) electrons. The fraction of sp³-hybridized carbons (Fsp3) is 0.0685. The van der Waals surface area contributed by atoms with Crippen molar-refractivity contribution in [2.24, 2.45) is 0 Å². The Morgan fingerprint density at radius 1 is 0.429 bits per heavy atom. The number of carbonyl (C=O) groups excluding carboxylic acids is 8. The molecular formula is C73H47Cl2O16P2S5-. The van der Waals surface area contributed by atoms with E-state index in [0.29, 0.717) is 86.7 Å². The number of alkyl halides is 2. The Morgan fingerprint density at radius 2 is 0.694 bits per heavy atom. The number of ether oxygens (including phenoxy) is 8. The van der Waals surface area contributed by atoms with E-state index >= 15 is 0 Å². The van der Waals surface area contributed by atoms with Crippen molar-refractivity contribution in [2.45, 2.75) is 44.6 Å². The molecule has 0 unspecified atom stereocenters. The zero-order valence-corrected chi connectivity index (χ0v) is 58.5. The van der Waals surface area contributed by atoms with Crippen LogP contribution in [-0.2, 0) is 42.5 Å². The molecule has 0 N–H and O–H groups in total. The number of halogens is 2. The molecule has 0 aliphatic carbocycles. The number of hydrogen-bond donors (Lipinski definition) is 2. The topological polar surface area (TPSA) is 210 Å². The van der Waals surface area contributed by atoms with E-state index in [0.717, 1.165) is 30.6 Å². The number of thiol groups is 2. The Morgan fingerprint density at radius 3 is 1.00 bits per heavy atom. The number of thioether (sulfide) groups is 2. The molecule has 0 aromatic heterocycles. The first kappa shape index (κ1) is 70.2. The second-order valence-corrected chi connectivity index (χ2v) is 27.6. The third-order valence-electron chi connectivity index (χ3n) is 15.1. The molecule has 4 heterocycles. The Hall–Kier alpha value is -9.11. The van der Waals surface area contributed by atoms with Crippen molar-refractivity contribution in [3.05, 3.63) is 285 Å². The van der Waals surface area contributed by atoms with Crippen LogP contribution < -0.4 is 28.4 Å². The summed E-state index contributed by atoms with van der Waals surface area (Å²) in [6.45, 7) is 2.82. The van der Waals surface area contributed by atoms with E-state index in [2.05, 4.69) is 46.0 Å². The van der Waals surface area contributed by atoms with E-state index in [4.69, 9.17) is 61.1 Å². The highest BCUT2D eigenvalue weighted by atomic mass is 35.5. The molecule has 0 fully saturated rings. The number of rotatable bonds is 10. The van der Waals surface area contributed by atoms with Crippen molar-refractivity contribution in [3.8, 4) is 46.0 Å². The molecule has 16 nitrogen and oxygen atoms in total. The van der Waals surface area contributed by atoms with Gasteiger partial charge in [-0.1, -0.05) is 108 Å². The molecule has 0 amide bonds. The van der Waals surface area contributed by atoms with Gasteiger partial charge in [-0.05, 0) is 109 Å². The quantitative estimate of drug-likeness (QED) is 0.0248. The van der Waals surface area contributed by atoms with Crippen molar-refractivity contribution < 1.29 is 76.3 Å². The molecule has 0 bridgehead atoms. The fourth-order valence-electron chi connectivity index (χ4n) is 11.2. The second kappa shape index (κ2) is 30.8. The summed E-state index contributed by atoms with van der Waals surface area (Å²) in [6.07, 6.45) is 0. The summed E-state index contributed by atoms with van der Waals surface area (Å²) in [6, 6.07) is 60.3. The lowest BCUT2D eigenvalue weighted by atomic mass is 9.77. The Kier molecular flexibility index (Phi) is 22.0. The summed E-state index contributed by atoms with van der Waals surface area (Å²) < 4.78 is 47.8. The van der Waals surface area contributed by atoms with Crippen molar-refractivity contribution >= 4 is 146 Å². The zero-order valence-electron chi connectivity index (χ0n) is 50.8. The first-order valence-corrected chi connectivity index (χ1v) is 35.9. The van der Waals surface area contributed by atoms with Gasteiger partial charge in [-0.25, -0.2) is 28.8 Å². The van der Waals surface area contributed by atoms with Crippen LogP contribution in [0.15, 0.2) is 238 Å². The summed E-state index contributed by atoms with van der Waals surface area (Å²) in [7, 11) is 3.78. The number of hydrogen-bond acceptors (Lipinski definition) is 21. The van der Waals surface area contributed by atoms with E-state index < -0.39 is 47.0 Å². The normalized spacial score (nSPS) is 13.1. The number of benzene rings is 10. The molecule has 25 heteroatoms. The lowest BCUT2D eigenvalue weighted by Gasteiger charge is -2.36. The third-order valence-corrected chi connectivity index (χ3v) is 17.6. The predicted molar refractivity (Wildman–Crippen MR) is 382 cm³/mol. The van der Waals surface area contributed by atoms with Crippen LogP contribution in [0.25, 0.3) is 0 Å². The van der Waals surface area contributed by atoms with Crippen LogP contribution in [0, 0.1) is 0 Å². The van der Waals surface area contributed by atoms with Gasteiger partial charge in [0.2, 0.25) is 0 Å². The van der Waals surface area contributed by atoms with Crippen molar-refractivity contribution in [1.29, 1.82) is 0 Å². The summed E-state index contributed by atoms with van der Waals surface area (Å²) in [5.74, 6) is -1.77. The van der Waals surface area contributed by atoms with Crippen LogP contribution in [0.3, 0.4) is 0 Å². The van der Waals surface area contributed by atoms with Crippen molar-refractivity contribution in [1.82, 2.24) is 0 Å². The van der Waals surface area contributed by atoms with Gasteiger partial charge in [-0.15, -0.1) is 57.0 Å². The average molecular weight is 1470 g/mol. The van der Waals surface area contributed by atoms with Gasteiger partial charge in [0.25, 0.3) is 0 Å². The highest BCUT2D eigenvalue weighted by Gasteiger charge is 2.55. The van der Waals surface area contributed by atoms with E-state index in [1.807, 2.05) is 12.1 Å². The monoisotopic (exact) mass is 1470 g/mol. The second-order valence-electron chi connectivity index (χ2n) is 21.0. The first-order chi connectivity index (χ1) is 47.3. The van der Waals surface area contributed by atoms with Crippen molar-refractivity contribution in [2.75, 3.05) is 5.34 Å². The summed E-state index contributed by atoms with van der Waals surface area (Å²) in [5.41, 5.74) is 2.37. The molecule has 10 aromatic rings. The van der Waals surface area contributed by atoms with Gasteiger partial charge < -0.3 is 50.1 Å². The summed E-state index contributed by atoms with van der Waals surface area (Å²) in [4.78, 5) is 104. The largest absolute Gasteiger partial charge is 0.723 e. The first-order valence-electron chi connectivity index (χ1n) is 29.0. The van der Waals surface area contributed by atoms with Gasteiger partial charge >= 0.3 is 35.8 Å². The van der Waals surface area contributed by atoms with Gasteiger partial charge in [-0.3, -0.25) is 16.7 Å². The van der Waals surface area contributed by atoms with Crippen LogP contribution in [0.5, 0.6) is 46.0 Å². The van der Waals surface area contributed by atoms with E-state index in [-0.39, 0.29) is 61.2 Å². The molecule has 0 atom stereocenters. The smallest absolute Gasteiger partial charge is 0.344 e. The van der Waals surface area contributed by atoms with Gasteiger partial charge in [0.05, 0.1) is 38.7 Å². The van der Waals surface area contributed by atoms with Gasteiger partial charge in [0.15, 0.2) is 21.4 Å². The van der Waals surface area contributed by atoms with Crippen molar-refractivity contribution in [3.63, 3.8) is 0 Å². The standard InChI is InChI=1S/C38H24O9S2.C34H20O7S2.CH2Cl2.HP2S/c1-21(39)48-33-13-7-4-10-26(33)35(41)44-23-15-17-29-31(19-23)46-32-20-24(45-36(42)27-11-5-8-14-34(27)49-22(2)40)16-18-30(32)38(29)28-12-6-3-9-25(28)37(43)47-38;35-31(22-8-2-5-11-29(22)42)38-19-13-15-25-27(17-19)40-28-18-20(39-32(36)23-9-3-6-12-30(23)43)14-16-26(28)34(25)24-10-4-1-7-21(24)33(37)41-34;2-1-3;1-2-3/h3-20H,1-2H3;1-18,42-43H;1H2;1H/q;;;-1. The van der Waals surface area contributed by atoms with Crippen LogP contribution in [0.4, 0.5) is 0 Å². The average Bonchev–Trinajstić information content (AvgIpc) is 1.47. The lowest BCUT2D eigenvalue weighted by molar-refractivity contribution is -0.109. The molecule has 0 saturated carbocycles. The molecule has 4 aliphatic heterocycles. The summed E-state index contributed by atoms with van der Waals surface area (Å²) >= 11 is 24.4.